The van der Waals surface area contributed by atoms with Crippen LogP contribution in [0.1, 0.15) is 44.3 Å². The van der Waals surface area contributed by atoms with Gasteiger partial charge >= 0.3 is 0 Å². The van der Waals surface area contributed by atoms with E-state index >= 15 is 0 Å². The molecule has 4 rings (SSSR count). The summed E-state index contributed by atoms with van der Waals surface area (Å²) in [5.41, 5.74) is 0.969. The fraction of sp³-hybridized carbons (Fsp3) is 0.762. The molecule has 7 nitrogen and oxygen atoms in total. The second kappa shape index (κ2) is 7.85. The lowest BCUT2D eigenvalue weighted by molar-refractivity contribution is -0.148. The Hall–Kier alpha value is -1.89. The molecular weight excluding hydrogens is 354 g/mol. The number of aryl methyl sites for hydroxylation is 1. The van der Waals surface area contributed by atoms with Crippen molar-refractivity contribution in [3.05, 3.63) is 18.2 Å². The molecule has 3 fully saturated rings. The topological polar surface area (TPSA) is 61.7 Å². The number of carbonyl (C=O) groups excluding carboxylic acids is 2. The lowest BCUT2D eigenvalue weighted by atomic mass is 9.85. The van der Waals surface area contributed by atoms with Gasteiger partial charge in [-0.05, 0) is 44.7 Å². The summed E-state index contributed by atoms with van der Waals surface area (Å²) < 4.78 is 1.96. The minimum atomic E-state index is -0.202. The van der Waals surface area contributed by atoms with Crippen LogP contribution in [0.3, 0.4) is 0 Å². The second-order valence-corrected chi connectivity index (χ2v) is 8.92. The summed E-state index contributed by atoms with van der Waals surface area (Å²) in [7, 11) is 4.13. The Balaban J connectivity index is 1.58. The summed E-state index contributed by atoms with van der Waals surface area (Å²) in [5.74, 6) is 1.45. The molecule has 1 aromatic heterocycles. The molecule has 2 amide bonds. The van der Waals surface area contributed by atoms with Gasteiger partial charge in [0.05, 0.1) is 30.2 Å². The number of fused-ring (bicyclic) bond motifs is 1. The van der Waals surface area contributed by atoms with Gasteiger partial charge in [-0.25, -0.2) is 4.98 Å². The summed E-state index contributed by atoms with van der Waals surface area (Å²) in [6, 6.07) is -0.202. The van der Waals surface area contributed by atoms with E-state index in [4.69, 9.17) is 0 Å². The lowest BCUT2D eigenvalue weighted by Crippen LogP contribution is -2.49. The molecule has 0 aliphatic carbocycles. The highest BCUT2D eigenvalue weighted by molar-refractivity contribution is 5.85. The Morgan fingerprint density at radius 3 is 2.68 bits per heavy atom. The second-order valence-electron chi connectivity index (χ2n) is 8.92. The first kappa shape index (κ1) is 19.4. The maximum atomic E-state index is 13.6. The van der Waals surface area contributed by atoms with Crippen LogP contribution in [-0.4, -0.2) is 75.8 Å². The average Bonchev–Trinajstić information content (AvgIpc) is 3.28. The van der Waals surface area contributed by atoms with Crippen LogP contribution >= 0.6 is 0 Å². The number of likely N-dealkylation sites (tertiary alicyclic amines) is 3. The number of piperidine rings is 2. The Bertz CT molecular complexity index is 732. The zero-order chi connectivity index (χ0) is 19.8. The zero-order valence-corrected chi connectivity index (χ0v) is 17.4. The average molecular weight is 388 g/mol. The van der Waals surface area contributed by atoms with E-state index in [1.165, 1.54) is 6.42 Å². The molecule has 0 saturated carbocycles. The molecule has 3 saturated heterocycles. The van der Waals surface area contributed by atoms with Crippen LogP contribution in [0.5, 0.6) is 0 Å². The minimum Gasteiger partial charge on any atom is -0.342 e. The van der Waals surface area contributed by atoms with E-state index in [0.717, 1.165) is 38.3 Å². The van der Waals surface area contributed by atoms with Gasteiger partial charge in [0.1, 0.15) is 0 Å². The number of nitrogens with zero attached hydrogens (tertiary/aromatic N) is 5. The Morgan fingerprint density at radius 1 is 1.18 bits per heavy atom. The maximum absolute atomic E-state index is 13.6. The first-order chi connectivity index (χ1) is 13.5. The highest BCUT2D eigenvalue weighted by Crippen LogP contribution is 2.40. The number of rotatable bonds is 4. The summed E-state index contributed by atoms with van der Waals surface area (Å²) in [6.07, 6.45) is 6.77. The lowest BCUT2D eigenvalue weighted by Gasteiger charge is -2.41. The molecule has 1 aromatic rings. The van der Waals surface area contributed by atoms with Crippen molar-refractivity contribution in [2.24, 2.45) is 24.8 Å². The summed E-state index contributed by atoms with van der Waals surface area (Å²) in [5, 5.41) is 0. The van der Waals surface area contributed by atoms with Crippen molar-refractivity contribution in [2.75, 3.05) is 39.8 Å². The van der Waals surface area contributed by atoms with Crippen molar-refractivity contribution in [2.45, 2.75) is 38.6 Å². The van der Waals surface area contributed by atoms with Gasteiger partial charge in [-0.15, -0.1) is 0 Å². The molecule has 7 heteroatoms. The monoisotopic (exact) mass is 387 g/mol. The van der Waals surface area contributed by atoms with E-state index in [1.807, 2.05) is 22.7 Å². The van der Waals surface area contributed by atoms with Crippen LogP contribution in [0, 0.1) is 17.8 Å². The largest absolute Gasteiger partial charge is 0.342 e. The molecule has 0 bridgehead atoms. The van der Waals surface area contributed by atoms with Crippen LogP contribution in [0.15, 0.2) is 12.5 Å². The van der Waals surface area contributed by atoms with Gasteiger partial charge in [0, 0.05) is 39.6 Å². The molecule has 0 spiro atoms. The van der Waals surface area contributed by atoms with E-state index < -0.39 is 0 Å². The summed E-state index contributed by atoms with van der Waals surface area (Å²) >= 11 is 0. The van der Waals surface area contributed by atoms with Crippen molar-refractivity contribution < 1.29 is 9.59 Å². The van der Waals surface area contributed by atoms with Crippen LogP contribution < -0.4 is 0 Å². The fourth-order valence-electron chi connectivity index (χ4n) is 5.50. The molecule has 0 N–H and O–H groups in total. The van der Waals surface area contributed by atoms with Gasteiger partial charge in [0.15, 0.2) is 0 Å². The Morgan fingerprint density at radius 2 is 1.96 bits per heavy atom. The fourth-order valence-corrected chi connectivity index (χ4v) is 5.50. The highest BCUT2D eigenvalue weighted by atomic mass is 16.2. The van der Waals surface area contributed by atoms with Crippen LogP contribution in [0.25, 0.3) is 0 Å². The van der Waals surface area contributed by atoms with Gasteiger partial charge in [-0.3, -0.25) is 9.59 Å². The molecule has 0 aromatic carbocycles. The van der Waals surface area contributed by atoms with Gasteiger partial charge in [0.2, 0.25) is 11.8 Å². The van der Waals surface area contributed by atoms with Crippen molar-refractivity contribution in [1.29, 1.82) is 0 Å². The third-order valence-corrected chi connectivity index (χ3v) is 6.96. The predicted molar refractivity (Wildman–Crippen MR) is 106 cm³/mol. The molecular formula is C21H33N5O2. The van der Waals surface area contributed by atoms with Crippen molar-refractivity contribution in [1.82, 2.24) is 24.3 Å². The number of aromatic nitrogens is 2. The molecule has 154 valence electrons. The van der Waals surface area contributed by atoms with E-state index in [2.05, 4.69) is 28.8 Å². The minimum absolute atomic E-state index is 0.161. The first-order valence-electron chi connectivity index (χ1n) is 10.7. The normalized spacial score (nSPS) is 31.3. The van der Waals surface area contributed by atoms with E-state index in [9.17, 15) is 9.59 Å². The standard InChI is InChI=1S/C21H33N5O2/c1-4-8-26-19(27)6-5-17(20(26)18-10-22-14-24(18)3)21(28)25-12-15-7-9-23(2)11-16(15)13-25/h10,14-17,20H,4-9,11-13H2,1-3H3/t15-,16+,17-,20-/m0/s1. The van der Waals surface area contributed by atoms with Crippen LogP contribution in [0.4, 0.5) is 0 Å². The van der Waals surface area contributed by atoms with Crippen molar-refractivity contribution in [3.63, 3.8) is 0 Å². The van der Waals surface area contributed by atoms with Crippen molar-refractivity contribution >= 4 is 11.8 Å². The van der Waals surface area contributed by atoms with Gasteiger partial charge in [-0.2, -0.15) is 0 Å². The predicted octanol–water partition coefficient (Wildman–Crippen LogP) is 1.52. The number of amides is 2. The summed E-state index contributed by atoms with van der Waals surface area (Å²) in [4.78, 5) is 37.0. The zero-order valence-electron chi connectivity index (χ0n) is 17.4. The number of hydrogen-bond acceptors (Lipinski definition) is 4. The number of imidazole rings is 1. The van der Waals surface area contributed by atoms with E-state index in [1.54, 1.807) is 6.33 Å². The third-order valence-electron chi connectivity index (χ3n) is 6.96. The molecule has 3 aliphatic heterocycles. The van der Waals surface area contributed by atoms with Crippen LogP contribution in [-0.2, 0) is 16.6 Å². The maximum Gasteiger partial charge on any atom is 0.228 e. The molecule has 4 heterocycles. The summed E-state index contributed by atoms with van der Waals surface area (Å²) in [6.45, 7) is 6.74. The van der Waals surface area contributed by atoms with Crippen molar-refractivity contribution in [3.8, 4) is 0 Å². The first-order valence-corrected chi connectivity index (χ1v) is 10.7. The van der Waals surface area contributed by atoms with E-state index in [-0.39, 0.29) is 23.8 Å². The molecule has 4 atom stereocenters. The Labute approximate surface area is 167 Å². The van der Waals surface area contributed by atoms with Gasteiger partial charge in [-0.1, -0.05) is 6.92 Å². The third kappa shape index (κ3) is 3.45. The Kier molecular flexibility index (Phi) is 5.45. The van der Waals surface area contributed by atoms with Crippen LogP contribution in [0.2, 0.25) is 0 Å². The van der Waals surface area contributed by atoms with Gasteiger partial charge < -0.3 is 19.3 Å². The van der Waals surface area contributed by atoms with Gasteiger partial charge in [0.25, 0.3) is 0 Å². The quantitative estimate of drug-likeness (QED) is 0.786. The highest BCUT2D eigenvalue weighted by Gasteiger charge is 2.46. The molecule has 0 unspecified atom stereocenters. The molecule has 28 heavy (non-hydrogen) atoms. The number of hydrogen-bond donors (Lipinski definition) is 0. The number of carbonyl (C=O) groups is 2. The molecule has 3 aliphatic rings. The van der Waals surface area contributed by atoms with E-state index in [0.29, 0.717) is 31.2 Å². The smallest absolute Gasteiger partial charge is 0.228 e. The SMILES string of the molecule is CCCN1C(=O)CC[C@H](C(=O)N2C[C@H]3CN(C)CC[C@H]3C2)[C@H]1c1cncn1C. The molecule has 0 radical (unpaired) electrons.